The van der Waals surface area contributed by atoms with Crippen molar-refractivity contribution in [3.8, 4) is 0 Å². The molecule has 2 aromatic carbocycles. The molecule has 2 aromatic rings. The lowest BCUT2D eigenvalue weighted by Gasteiger charge is -2.35. The number of nitrogens with one attached hydrogen (secondary N) is 2. The van der Waals surface area contributed by atoms with Crippen molar-refractivity contribution in [2.45, 2.75) is 38.0 Å². The van der Waals surface area contributed by atoms with Crippen molar-refractivity contribution in [3.05, 3.63) is 59.7 Å². The summed E-state index contributed by atoms with van der Waals surface area (Å²) in [4.78, 5) is 36.7. The van der Waals surface area contributed by atoms with Crippen LogP contribution < -0.4 is 14.9 Å². The highest BCUT2D eigenvalue weighted by Gasteiger charge is 2.42. The number of anilines is 2. The van der Waals surface area contributed by atoms with E-state index in [0.29, 0.717) is 49.2 Å². The van der Waals surface area contributed by atoms with Gasteiger partial charge in [-0.1, -0.05) is 19.1 Å². The van der Waals surface area contributed by atoms with Crippen LogP contribution in [0, 0.1) is 0 Å². The molecule has 0 aliphatic carbocycles. The molecule has 3 amide bonds. The zero-order valence-electron chi connectivity index (χ0n) is 17.8. The van der Waals surface area contributed by atoms with Gasteiger partial charge >= 0.3 is 0 Å². The summed E-state index contributed by atoms with van der Waals surface area (Å²) in [7, 11) is -3.26. The fourth-order valence-electron chi connectivity index (χ4n) is 4.35. The number of benzene rings is 2. The minimum atomic E-state index is -3.26. The summed E-state index contributed by atoms with van der Waals surface area (Å²) < 4.78 is 25.5. The van der Waals surface area contributed by atoms with Crippen molar-refractivity contribution in [1.29, 1.82) is 0 Å². The predicted molar refractivity (Wildman–Crippen MR) is 121 cm³/mol. The molecule has 0 spiro atoms. The molecular weight excluding hydrogens is 430 g/mol. The van der Waals surface area contributed by atoms with Gasteiger partial charge in [-0.05, 0) is 61.2 Å². The Morgan fingerprint density at radius 3 is 2.34 bits per heavy atom. The lowest BCUT2D eigenvalue weighted by Crippen LogP contribution is -2.51. The first-order valence-corrected chi connectivity index (χ1v) is 12.2. The maximum absolute atomic E-state index is 12.6. The van der Waals surface area contributed by atoms with Crippen molar-refractivity contribution in [3.63, 3.8) is 0 Å². The third-order valence-electron chi connectivity index (χ3n) is 6.28. The number of hydrogen-bond acceptors (Lipinski definition) is 5. The van der Waals surface area contributed by atoms with Crippen LogP contribution in [-0.2, 0) is 25.0 Å². The van der Waals surface area contributed by atoms with Gasteiger partial charge in [-0.15, -0.1) is 0 Å². The van der Waals surface area contributed by atoms with Gasteiger partial charge in [0.05, 0.1) is 16.9 Å². The summed E-state index contributed by atoms with van der Waals surface area (Å²) in [5.74, 6) is -0.716. The minimum absolute atomic E-state index is 0.141. The second-order valence-electron chi connectivity index (χ2n) is 8.13. The first-order chi connectivity index (χ1) is 15.2. The van der Waals surface area contributed by atoms with Gasteiger partial charge in [0.1, 0.15) is 0 Å². The number of nitrogens with zero attached hydrogens (tertiary/aromatic N) is 1. The monoisotopic (exact) mass is 455 g/mol. The van der Waals surface area contributed by atoms with Crippen LogP contribution in [0.2, 0.25) is 0 Å². The van der Waals surface area contributed by atoms with E-state index in [1.807, 2.05) is 6.92 Å². The van der Waals surface area contributed by atoms with Gasteiger partial charge in [0.15, 0.2) is 0 Å². The zero-order valence-corrected chi connectivity index (χ0v) is 18.6. The van der Waals surface area contributed by atoms with Crippen molar-refractivity contribution in [2.24, 2.45) is 0 Å². The summed E-state index contributed by atoms with van der Waals surface area (Å²) in [6.45, 7) is 2.37. The van der Waals surface area contributed by atoms with E-state index >= 15 is 0 Å². The van der Waals surface area contributed by atoms with Gasteiger partial charge in [-0.2, -0.15) is 0 Å². The Balaban J connectivity index is 1.46. The van der Waals surface area contributed by atoms with Gasteiger partial charge in [-0.25, -0.2) is 8.42 Å². The lowest BCUT2D eigenvalue weighted by molar-refractivity contribution is -0.138. The number of sulfonamides is 1. The van der Waals surface area contributed by atoms with Crippen molar-refractivity contribution < 1.29 is 22.8 Å². The highest BCUT2D eigenvalue weighted by atomic mass is 32.2. The van der Waals surface area contributed by atoms with Crippen molar-refractivity contribution in [2.75, 3.05) is 21.9 Å². The quantitative estimate of drug-likeness (QED) is 0.673. The molecule has 2 aliphatic rings. The zero-order chi connectivity index (χ0) is 22.9. The molecule has 0 bridgehead atoms. The van der Waals surface area contributed by atoms with E-state index in [9.17, 15) is 22.8 Å². The first kappa shape index (κ1) is 22.0. The molecule has 2 saturated heterocycles. The van der Waals surface area contributed by atoms with Gasteiger partial charge in [-0.3, -0.25) is 24.0 Å². The molecule has 2 heterocycles. The summed E-state index contributed by atoms with van der Waals surface area (Å²) in [5.41, 5.74) is 1.59. The number of carbonyl (C=O) groups is 3. The molecule has 1 atom stereocenters. The number of hydrogen-bond donors (Lipinski definition) is 2. The van der Waals surface area contributed by atoms with Gasteiger partial charge in [0, 0.05) is 24.2 Å². The fourth-order valence-corrected chi connectivity index (χ4v) is 5.92. The van der Waals surface area contributed by atoms with Crippen LogP contribution in [0.4, 0.5) is 11.4 Å². The standard InChI is InChI=1S/C23H25N3O5S/c1-2-23(13-12-20(27)25-22(23)29)17-6-8-18(9-7-17)24-21(28)16-4-10-19(11-5-16)26-14-3-15-32(26,30)31/h4-11H,2-3,12-15H2,1H3,(H,24,28)(H,25,27,29). The molecule has 4 rings (SSSR count). The molecule has 0 radical (unpaired) electrons. The third kappa shape index (κ3) is 4.00. The topological polar surface area (TPSA) is 113 Å². The van der Waals surface area contributed by atoms with Crippen LogP contribution in [0.1, 0.15) is 48.5 Å². The van der Waals surface area contributed by atoms with Gasteiger partial charge in [0.25, 0.3) is 5.91 Å². The van der Waals surface area contributed by atoms with E-state index in [-0.39, 0.29) is 23.5 Å². The molecule has 2 fully saturated rings. The second-order valence-corrected chi connectivity index (χ2v) is 10.1. The molecule has 2 aliphatic heterocycles. The van der Waals surface area contributed by atoms with Crippen molar-refractivity contribution in [1.82, 2.24) is 5.32 Å². The summed E-state index contributed by atoms with van der Waals surface area (Å²) in [6, 6.07) is 13.5. The lowest BCUT2D eigenvalue weighted by atomic mass is 9.72. The number of carbonyl (C=O) groups excluding carboxylic acids is 3. The summed E-state index contributed by atoms with van der Waals surface area (Å²) in [5, 5.41) is 5.25. The molecule has 168 valence electrons. The summed E-state index contributed by atoms with van der Waals surface area (Å²) >= 11 is 0. The van der Waals surface area contributed by atoms with E-state index in [1.54, 1.807) is 48.5 Å². The van der Waals surface area contributed by atoms with Crippen LogP contribution in [0.5, 0.6) is 0 Å². The fraction of sp³-hybridized carbons (Fsp3) is 0.348. The largest absolute Gasteiger partial charge is 0.322 e. The summed E-state index contributed by atoms with van der Waals surface area (Å²) in [6.07, 6.45) is 1.92. The molecule has 32 heavy (non-hydrogen) atoms. The number of rotatable bonds is 5. The first-order valence-electron chi connectivity index (χ1n) is 10.6. The maximum Gasteiger partial charge on any atom is 0.255 e. The number of imide groups is 1. The smallest absolute Gasteiger partial charge is 0.255 e. The molecular formula is C23H25N3O5S. The van der Waals surface area contributed by atoms with Crippen LogP contribution in [0.15, 0.2) is 48.5 Å². The van der Waals surface area contributed by atoms with E-state index in [1.165, 1.54) is 4.31 Å². The Morgan fingerprint density at radius 1 is 1.09 bits per heavy atom. The Bertz CT molecular complexity index is 1160. The van der Waals surface area contributed by atoms with E-state index < -0.39 is 15.4 Å². The van der Waals surface area contributed by atoms with E-state index in [0.717, 1.165) is 5.56 Å². The molecule has 9 heteroatoms. The van der Waals surface area contributed by atoms with E-state index in [2.05, 4.69) is 10.6 Å². The Morgan fingerprint density at radius 2 is 1.78 bits per heavy atom. The molecule has 8 nitrogen and oxygen atoms in total. The third-order valence-corrected chi connectivity index (χ3v) is 8.15. The minimum Gasteiger partial charge on any atom is -0.322 e. The number of amides is 3. The van der Waals surface area contributed by atoms with Crippen LogP contribution >= 0.6 is 0 Å². The molecule has 1 unspecified atom stereocenters. The predicted octanol–water partition coefficient (Wildman–Crippen LogP) is 2.56. The maximum atomic E-state index is 12.6. The van der Waals surface area contributed by atoms with Crippen molar-refractivity contribution >= 4 is 39.1 Å². The average Bonchev–Trinajstić information content (AvgIpc) is 3.14. The Labute approximate surface area is 187 Å². The Kier molecular flexibility index (Phi) is 5.77. The molecule has 2 N–H and O–H groups in total. The highest BCUT2D eigenvalue weighted by molar-refractivity contribution is 7.93. The molecule has 0 aromatic heterocycles. The van der Waals surface area contributed by atoms with Gasteiger partial charge in [0.2, 0.25) is 21.8 Å². The Hall–Kier alpha value is -3.20. The van der Waals surface area contributed by atoms with Crippen LogP contribution in [-0.4, -0.2) is 38.4 Å². The van der Waals surface area contributed by atoms with Gasteiger partial charge < -0.3 is 5.32 Å². The van der Waals surface area contributed by atoms with E-state index in [4.69, 9.17) is 0 Å². The van der Waals surface area contributed by atoms with Crippen LogP contribution in [0.25, 0.3) is 0 Å². The SMILES string of the molecule is CCC1(c2ccc(NC(=O)c3ccc(N4CCCS4(=O)=O)cc3)cc2)CCC(=O)NC1=O. The van der Waals surface area contributed by atoms with Crippen LogP contribution in [0.3, 0.4) is 0 Å². The average molecular weight is 456 g/mol. The molecule has 0 saturated carbocycles. The normalized spacial score (nSPS) is 22.5. The highest BCUT2D eigenvalue weighted by Crippen LogP contribution is 2.36. The second kappa shape index (κ2) is 8.38. The number of piperidine rings is 1.